The number of hydrogen-bond donors (Lipinski definition) is 1. The third-order valence-corrected chi connectivity index (χ3v) is 6.90. The highest BCUT2D eigenvalue weighted by molar-refractivity contribution is 5.84. The number of aliphatic carboxylic acids is 1. The summed E-state index contributed by atoms with van der Waals surface area (Å²) >= 11 is 0. The summed E-state index contributed by atoms with van der Waals surface area (Å²) in [6.07, 6.45) is 6.53. The fourth-order valence-corrected chi connectivity index (χ4v) is 4.96. The number of carboxylic acid groups (broad SMARTS) is 1. The van der Waals surface area contributed by atoms with E-state index in [2.05, 4.69) is 20.8 Å². The molecule has 142 valence electrons. The van der Waals surface area contributed by atoms with Crippen LogP contribution in [-0.2, 0) is 14.3 Å². The molecule has 0 aromatic rings. The quantitative estimate of drug-likeness (QED) is 0.362. The molecule has 2 aliphatic carbocycles. The molecular formula is C21H34O4. The van der Waals surface area contributed by atoms with Gasteiger partial charge in [0, 0.05) is 0 Å². The Morgan fingerprint density at radius 3 is 2.08 bits per heavy atom. The van der Waals surface area contributed by atoms with Gasteiger partial charge in [-0.15, -0.1) is 0 Å². The van der Waals surface area contributed by atoms with Crippen LogP contribution in [0.3, 0.4) is 0 Å². The number of carbonyl (C=O) groups is 2. The van der Waals surface area contributed by atoms with E-state index in [0.717, 1.165) is 44.9 Å². The molecule has 25 heavy (non-hydrogen) atoms. The molecule has 1 fully saturated rings. The molecule has 1 N–H and O–H groups in total. The zero-order valence-corrected chi connectivity index (χ0v) is 16.4. The topological polar surface area (TPSA) is 63.6 Å². The van der Waals surface area contributed by atoms with E-state index in [0.29, 0.717) is 0 Å². The van der Waals surface area contributed by atoms with Crippen molar-refractivity contribution in [3.05, 3.63) is 11.1 Å². The third-order valence-electron chi connectivity index (χ3n) is 6.90. The average molecular weight is 350 g/mol. The molecule has 0 aromatic heterocycles. The van der Waals surface area contributed by atoms with Crippen LogP contribution in [-0.4, -0.2) is 22.6 Å². The molecule has 0 saturated heterocycles. The Morgan fingerprint density at radius 1 is 1.04 bits per heavy atom. The van der Waals surface area contributed by atoms with E-state index >= 15 is 0 Å². The first-order valence-electron chi connectivity index (χ1n) is 9.94. The Labute approximate surface area is 152 Å². The van der Waals surface area contributed by atoms with Crippen LogP contribution in [0.5, 0.6) is 0 Å². The molecule has 0 aliphatic heterocycles. The lowest BCUT2D eigenvalue weighted by Gasteiger charge is -2.36. The molecular weight excluding hydrogens is 316 g/mol. The summed E-state index contributed by atoms with van der Waals surface area (Å²) in [5, 5.41) is 9.71. The molecule has 0 radical (unpaired) electrons. The largest absolute Gasteiger partial charge is 0.481 e. The maximum Gasteiger partial charge on any atom is 0.310 e. The predicted molar refractivity (Wildman–Crippen MR) is 98.1 cm³/mol. The van der Waals surface area contributed by atoms with Crippen molar-refractivity contribution in [2.24, 2.45) is 23.7 Å². The van der Waals surface area contributed by atoms with Gasteiger partial charge in [-0.3, -0.25) is 9.59 Å². The van der Waals surface area contributed by atoms with Crippen molar-refractivity contribution in [3.63, 3.8) is 0 Å². The van der Waals surface area contributed by atoms with Crippen LogP contribution in [0, 0.1) is 23.7 Å². The molecule has 4 nitrogen and oxygen atoms in total. The zero-order chi connectivity index (χ0) is 18.8. The minimum atomic E-state index is -0.856. The fraction of sp³-hybridized carbons (Fsp3) is 0.810. The van der Waals surface area contributed by atoms with Gasteiger partial charge in [0.15, 0.2) is 0 Å². The smallest absolute Gasteiger partial charge is 0.310 e. The molecule has 0 aromatic carbocycles. The number of rotatable bonds is 9. The highest BCUT2D eigenvalue weighted by atomic mass is 16.6. The first-order chi connectivity index (χ1) is 11.8. The molecule has 0 amide bonds. The van der Waals surface area contributed by atoms with Crippen LogP contribution in [0.2, 0.25) is 0 Å². The van der Waals surface area contributed by atoms with E-state index in [9.17, 15) is 14.7 Å². The summed E-state index contributed by atoms with van der Waals surface area (Å²) in [5.74, 6) is -2.24. The number of fused-ring (bicyclic) bond motifs is 2. The molecule has 0 heterocycles. The van der Waals surface area contributed by atoms with Crippen molar-refractivity contribution in [1.29, 1.82) is 0 Å². The van der Waals surface area contributed by atoms with Gasteiger partial charge in [-0.2, -0.15) is 0 Å². The molecule has 2 aliphatic rings. The lowest BCUT2D eigenvalue weighted by atomic mass is 9.76. The SMILES string of the molecule is CCCCCC(CC)(CC)OC(=O)C1C2CC(C(C)=C2C)C1C(=O)O. The third kappa shape index (κ3) is 3.63. The minimum absolute atomic E-state index is 0.00204. The summed E-state index contributed by atoms with van der Waals surface area (Å²) in [6, 6.07) is 0. The molecule has 4 unspecified atom stereocenters. The monoisotopic (exact) mass is 350 g/mol. The maximum absolute atomic E-state index is 13.1. The number of allylic oxidation sites excluding steroid dienone is 2. The summed E-state index contributed by atoms with van der Waals surface area (Å²) in [7, 11) is 0. The summed E-state index contributed by atoms with van der Waals surface area (Å²) in [5.41, 5.74) is 1.93. The van der Waals surface area contributed by atoms with Crippen molar-refractivity contribution < 1.29 is 19.4 Å². The van der Waals surface area contributed by atoms with Gasteiger partial charge in [0.1, 0.15) is 5.60 Å². The van der Waals surface area contributed by atoms with Crippen molar-refractivity contribution >= 4 is 11.9 Å². The second-order valence-corrected chi connectivity index (χ2v) is 7.97. The number of carbonyl (C=O) groups excluding carboxylic acids is 1. The number of carboxylic acids is 1. The minimum Gasteiger partial charge on any atom is -0.481 e. The second-order valence-electron chi connectivity index (χ2n) is 7.97. The van der Waals surface area contributed by atoms with Gasteiger partial charge in [0.05, 0.1) is 11.8 Å². The predicted octanol–water partition coefficient (Wildman–Crippen LogP) is 4.97. The van der Waals surface area contributed by atoms with E-state index in [1.54, 1.807) is 0 Å². The highest BCUT2D eigenvalue weighted by Gasteiger charge is 2.57. The van der Waals surface area contributed by atoms with E-state index in [1.807, 2.05) is 13.8 Å². The van der Waals surface area contributed by atoms with Crippen LogP contribution in [0.1, 0.15) is 79.6 Å². The Kier molecular flexibility index (Phi) is 6.34. The molecule has 1 saturated carbocycles. The lowest BCUT2D eigenvalue weighted by Crippen LogP contribution is -2.42. The molecule has 2 bridgehead atoms. The van der Waals surface area contributed by atoms with Crippen LogP contribution in [0.15, 0.2) is 11.1 Å². The van der Waals surface area contributed by atoms with Gasteiger partial charge >= 0.3 is 11.9 Å². The van der Waals surface area contributed by atoms with E-state index in [4.69, 9.17) is 4.74 Å². The average Bonchev–Trinajstić information content (AvgIpc) is 3.11. The van der Waals surface area contributed by atoms with Crippen molar-refractivity contribution in [1.82, 2.24) is 0 Å². The van der Waals surface area contributed by atoms with Gasteiger partial charge < -0.3 is 9.84 Å². The van der Waals surface area contributed by atoms with Gasteiger partial charge in [-0.05, 0) is 57.8 Å². The van der Waals surface area contributed by atoms with E-state index in [1.165, 1.54) is 11.1 Å². The molecule has 4 heteroatoms. The highest BCUT2D eigenvalue weighted by Crippen LogP contribution is 2.55. The number of unbranched alkanes of at least 4 members (excludes halogenated alkanes) is 2. The van der Waals surface area contributed by atoms with E-state index < -0.39 is 23.4 Å². The molecule has 2 rings (SSSR count). The Balaban J connectivity index is 2.19. The maximum atomic E-state index is 13.1. The first kappa shape index (κ1) is 20.0. The number of ether oxygens (including phenoxy) is 1. The van der Waals surface area contributed by atoms with E-state index in [-0.39, 0.29) is 17.8 Å². The summed E-state index contributed by atoms with van der Waals surface area (Å²) in [6.45, 7) is 10.4. The second kappa shape index (κ2) is 7.92. The van der Waals surface area contributed by atoms with Gasteiger partial charge in [0.25, 0.3) is 0 Å². The lowest BCUT2D eigenvalue weighted by molar-refractivity contribution is -0.173. The zero-order valence-electron chi connectivity index (χ0n) is 16.4. The fourth-order valence-electron chi connectivity index (χ4n) is 4.96. The Hall–Kier alpha value is -1.32. The molecule has 0 spiro atoms. The Bertz CT molecular complexity index is 544. The molecule has 4 atom stereocenters. The van der Waals surface area contributed by atoms with Crippen LogP contribution < -0.4 is 0 Å². The van der Waals surface area contributed by atoms with Crippen molar-refractivity contribution in [2.45, 2.75) is 85.2 Å². The summed E-state index contributed by atoms with van der Waals surface area (Å²) < 4.78 is 6.06. The van der Waals surface area contributed by atoms with Gasteiger partial charge in [-0.1, -0.05) is 44.8 Å². The number of esters is 1. The van der Waals surface area contributed by atoms with Crippen LogP contribution >= 0.6 is 0 Å². The number of hydrogen-bond acceptors (Lipinski definition) is 3. The Morgan fingerprint density at radius 2 is 1.60 bits per heavy atom. The van der Waals surface area contributed by atoms with Crippen molar-refractivity contribution in [2.75, 3.05) is 0 Å². The summed E-state index contributed by atoms with van der Waals surface area (Å²) in [4.78, 5) is 24.9. The normalized spacial score (nSPS) is 28.5. The van der Waals surface area contributed by atoms with Gasteiger partial charge in [0.2, 0.25) is 0 Å². The standard InChI is InChI=1S/C21H34O4/c1-6-9-10-11-21(7-2,8-3)25-20(24)18-16-12-15(13(4)14(16)5)17(18)19(22)23/h15-18H,6-12H2,1-5H3,(H,22,23). The van der Waals surface area contributed by atoms with Crippen molar-refractivity contribution in [3.8, 4) is 0 Å². The van der Waals surface area contributed by atoms with Gasteiger partial charge in [-0.25, -0.2) is 0 Å². The van der Waals surface area contributed by atoms with Crippen LogP contribution in [0.25, 0.3) is 0 Å². The van der Waals surface area contributed by atoms with Crippen LogP contribution in [0.4, 0.5) is 0 Å². The first-order valence-corrected chi connectivity index (χ1v) is 9.94.